The molecule has 1 saturated heterocycles. The lowest BCUT2D eigenvalue weighted by Gasteiger charge is -2.35. The predicted octanol–water partition coefficient (Wildman–Crippen LogP) is 2.16. The van der Waals surface area contributed by atoms with Crippen LogP contribution in [0.1, 0.15) is 38.7 Å². The summed E-state index contributed by atoms with van der Waals surface area (Å²) in [6, 6.07) is 9.63. The first-order valence-corrected chi connectivity index (χ1v) is 8.63. The molecule has 0 saturated carbocycles. The van der Waals surface area contributed by atoms with E-state index in [1.807, 2.05) is 30.3 Å². The van der Waals surface area contributed by atoms with Crippen molar-refractivity contribution in [3.05, 3.63) is 29.8 Å². The van der Waals surface area contributed by atoms with Gasteiger partial charge in [-0.2, -0.15) is 5.26 Å². The van der Waals surface area contributed by atoms with Gasteiger partial charge < -0.3 is 14.5 Å². The molecule has 0 aromatic heterocycles. The quantitative estimate of drug-likeness (QED) is 0.821. The van der Waals surface area contributed by atoms with Crippen molar-refractivity contribution in [1.82, 2.24) is 9.80 Å². The second-order valence-corrected chi connectivity index (χ2v) is 6.49. The van der Waals surface area contributed by atoms with Crippen LogP contribution in [0, 0.1) is 11.3 Å². The fraction of sp³-hybridized carbons (Fsp3) is 0.526. The lowest BCUT2D eigenvalue weighted by atomic mass is 10.0. The Kier molecular flexibility index (Phi) is 6.40. The Bertz CT molecular complexity index is 658. The van der Waals surface area contributed by atoms with Gasteiger partial charge in [0.15, 0.2) is 6.10 Å². The number of piperazine rings is 1. The summed E-state index contributed by atoms with van der Waals surface area (Å²) < 4.78 is 5.92. The molecule has 25 heavy (non-hydrogen) atoms. The molecule has 134 valence electrons. The predicted molar refractivity (Wildman–Crippen MR) is 94.0 cm³/mol. The zero-order valence-corrected chi connectivity index (χ0v) is 15.1. The van der Waals surface area contributed by atoms with Crippen LogP contribution in [0.4, 0.5) is 0 Å². The third-order valence-corrected chi connectivity index (χ3v) is 4.37. The SMILES string of the molecule is CC(Oc1ccccc1C(C)C)C(=O)N1CCN(C(=O)CC#N)CC1. The number of para-hydroxylation sites is 1. The second kappa shape index (κ2) is 8.52. The van der Waals surface area contributed by atoms with Crippen molar-refractivity contribution < 1.29 is 14.3 Å². The molecule has 0 spiro atoms. The third-order valence-electron chi connectivity index (χ3n) is 4.37. The minimum Gasteiger partial charge on any atom is -0.481 e. The van der Waals surface area contributed by atoms with Gasteiger partial charge in [-0.15, -0.1) is 0 Å². The fourth-order valence-corrected chi connectivity index (χ4v) is 2.92. The van der Waals surface area contributed by atoms with Gasteiger partial charge in [0, 0.05) is 26.2 Å². The molecule has 6 heteroatoms. The minimum absolute atomic E-state index is 0.0778. The second-order valence-electron chi connectivity index (χ2n) is 6.49. The summed E-state index contributed by atoms with van der Waals surface area (Å²) in [7, 11) is 0. The number of ether oxygens (including phenoxy) is 1. The van der Waals surface area contributed by atoms with E-state index in [-0.39, 0.29) is 18.2 Å². The molecule has 1 aliphatic heterocycles. The number of hydrogen-bond donors (Lipinski definition) is 0. The number of hydrogen-bond acceptors (Lipinski definition) is 4. The third kappa shape index (κ3) is 4.72. The normalized spacial score (nSPS) is 15.6. The first-order valence-electron chi connectivity index (χ1n) is 8.63. The summed E-state index contributed by atoms with van der Waals surface area (Å²) in [4.78, 5) is 27.7. The van der Waals surface area contributed by atoms with Crippen molar-refractivity contribution >= 4 is 11.8 Å². The number of carbonyl (C=O) groups excluding carboxylic acids is 2. The summed E-state index contributed by atoms with van der Waals surface area (Å²) >= 11 is 0. The molecule has 1 aromatic rings. The molecule has 6 nitrogen and oxygen atoms in total. The highest BCUT2D eigenvalue weighted by Crippen LogP contribution is 2.27. The molecular weight excluding hydrogens is 318 g/mol. The van der Waals surface area contributed by atoms with Crippen LogP contribution in [-0.2, 0) is 9.59 Å². The van der Waals surface area contributed by atoms with Crippen molar-refractivity contribution in [3.8, 4) is 11.8 Å². The highest BCUT2D eigenvalue weighted by molar-refractivity contribution is 5.82. The van der Waals surface area contributed by atoms with E-state index < -0.39 is 6.10 Å². The summed E-state index contributed by atoms with van der Waals surface area (Å²) in [5, 5.41) is 8.60. The van der Waals surface area contributed by atoms with Gasteiger partial charge in [0.2, 0.25) is 5.91 Å². The Morgan fingerprint density at radius 2 is 1.72 bits per heavy atom. The topological polar surface area (TPSA) is 73.6 Å². The van der Waals surface area contributed by atoms with E-state index in [0.717, 1.165) is 11.3 Å². The van der Waals surface area contributed by atoms with Crippen molar-refractivity contribution in [3.63, 3.8) is 0 Å². The molecule has 0 aliphatic carbocycles. The maximum Gasteiger partial charge on any atom is 0.263 e. The molecule has 0 radical (unpaired) electrons. The zero-order valence-electron chi connectivity index (χ0n) is 15.1. The number of benzene rings is 1. The maximum atomic E-state index is 12.6. The van der Waals surface area contributed by atoms with E-state index in [1.54, 1.807) is 16.7 Å². The van der Waals surface area contributed by atoms with Crippen LogP contribution in [0.2, 0.25) is 0 Å². The van der Waals surface area contributed by atoms with Gasteiger partial charge in [0.25, 0.3) is 5.91 Å². The average molecular weight is 343 g/mol. The molecule has 1 fully saturated rings. The van der Waals surface area contributed by atoms with Crippen molar-refractivity contribution in [1.29, 1.82) is 5.26 Å². The van der Waals surface area contributed by atoms with E-state index >= 15 is 0 Å². The van der Waals surface area contributed by atoms with Gasteiger partial charge in [0.1, 0.15) is 12.2 Å². The lowest BCUT2D eigenvalue weighted by molar-refractivity contribution is -0.143. The zero-order chi connectivity index (χ0) is 18.4. The molecule has 1 aromatic carbocycles. The average Bonchev–Trinajstić information content (AvgIpc) is 2.61. The van der Waals surface area contributed by atoms with E-state index in [1.165, 1.54) is 0 Å². The van der Waals surface area contributed by atoms with Crippen LogP contribution in [0.5, 0.6) is 5.75 Å². The Labute approximate surface area is 149 Å². The molecule has 1 heterocycles. The molecule has 2 amide bonds. The molecule has 2 rings (SSSR count). The Balaban J connectivity index is 1.94. The highest BCUT2D eigenvalue weighted by atomic mass is 16.5. The highest BCUT2D eigenvalue weighted by Gasteiger charge is 2.28. The molecular formula is C19H25N3O3. The van der Waals surface area contributed by atoms with Gasteiger partial charge >= 0.3 is 0 Å². The number of carbonyl (C=O) groups is 2. The monoisotopic (exact) mass is 343 g/mol. The largest absolute Gasteiger partial charge is 0.481 e. The van der Waals surface area contributed by atoms with E-state index in [0.29, 0.717) is 32.1 Å². The molecule has 1 unspecified atom stereocenters. The Morgan fingerprint density at radius 3 is 2.32 bits per heavy atom. The standard InChI is InChI=1S/C19H25N3O3/c1-14(2)16-6-4-5-7-17(16)25-15(3)19(24)22-12-10-21(11-13-22)18(23)8-9-20/h4-7,14-15H,8,10-13H2,1-3H3. The smallest absolute Gasteiger partial charge is 0.263 e. The van der Waals surface area contributed by atoms with Crippen LogP contribution in [-0.4, -0.2) is 53.9 Å². The molecule has 0 bridgehead atoms. The van der Waals surface area contributed by atoms with Crippen LogP contribution in [0.25, 0.3) is 0 Å². The first kappa shape index (κ1) is 18.8. The number of nitrogens with zero attached hydrogens (tertiary/aromatic N) is 3. The summed E-state index contributed by atoms with van der Waals surface area (Å²) in [5.41, 5.74) is 1.08. The van der Waals surface area contributed by atoms with Crippen molar-refractivity contribution in [2.45, 2.75) is 39.2 Å². The fourth-order valence-electron chi connectivity index (χ4n) is 2.92. The molecule has 0 N–H and O–H groups in total. The Hall–Kier alpha value is -2.55. The van der Waals surface area contributed by atoms with Crippen LogP contribution in [0.3, 0.4) is 0 Å². The van der Waals surface area contributed by atoms with Gasteiger partial charge in [-0.3, -0.25) is 9.59 Å². The number of rotatable bonds is 5. The van der Waals surface area contributed by atoms with Crippen molar-refractivity contribution in [2.24, 2.45) is 0 Å². The number of amides is 2. The van der Waals surface area contributed by atoms with Gasteiger partial charge in [-0.25, -0.2) is 0 Å². The minimum atomic E-state index is -0.582. The van der Waals surface area contributed by atoms with Crippen molar-refractivity contribution in [2.75, 3.05) is 26.2 Å². The van der Waals surface area contributed by atoms with Gasteiger partial charge in [0.05, 0.1) is 6.07 Å². The summed E-state index contributed by atoms with van der Waals surface area (Å²) in [6.07, 6.45) is -0.694. The van der Waals surface area contributed by atoms with Gasteiger partial charge in [-0.1, -0.05) is 32.0 Å². The van der Waals surface area contributed by atoms with E-state index in [4.69, 9.17) is 10.00 Å². The summed E-state index contributed by atoms with van der Waals surface area (Å²) in [6.45, 7) is 7.79. The Morgan fingerprint density at radius 1 is 1.12 bits per heavy atom. The van der Waals surface area contributed by atoms with Crippen LogP contribution < -0.4 is 4.74 Å². The molecule has 1 atom stereocenters. The van der Waals surface area contributed by atoms with E-state index in [2.05, 4.69) is 13.8 Å². The summed E-state index contributed by atoms with van der Waals surface area (Å²) in [5.74, 6) is 0.796. The van der Waals surface area contributed by atoms with E-state index in [9.17, 15) is 9.59 Å². The van der Waals surface area contributed by atoms with Crippen LogP contribution >= 0.6 is 0 Å². The molecule has 1 aliphatic rings. The van der Waals surface area contributed by atoms with Crippen LogP contribution in [0.15, 0.2) is 24.3 Å². The van der Waals surface area contributed by atoms with Gasteiger partial charge in [-0.05, 0) is 24.5 Å². The lowest BCUT2D eigenvalue weighted by Crippen LogP contribution is -2.53. The number of nitriles is 1. The maximum absolute atomic E-state index is 12.6. The first-order chi connectivity index (χ1) is 11.9.